The Balaban J connectivity index is 2.45. The van der Waals surface area contributed by atoms with E-state index in [4.69, 9.17) is 11.6 Å². The third kappa shape index (κ3) is 3.83. The van der Waals surface area contributed by atoms with Gasteiger partial charge in [-0.25, -0.2) is 0 Å². The zero-order valence-corrected chi connectivity index (χ0v) is 14.4. The molecule has 2 aromatic rings. The van der Waals surface area contributed by atoms with Crippen molar-refractivity contribution in [2.45, 2.75) is 26.2 Å². The largest absolute Gasteiger partial charge is 0.505 e. The minimum Gasteiger partial charge on any atom is -0.505 e. The Morgan fingerprint density at radius 3 is 2.29 bits per heavy atom. The fourth-order valence-corrected chi connectivity index (χ4v) is 2.36. The number of phenolic OH excluding ortho intramolecular Hbond substituents is 1. The maximum atomic E-state index is 10.1. The van der Waals surface area contributed by atoms with Gasteiger partial charge in [0.2, 0.25) is 0 Å². The van der Waals surface area contributed by atoms with Gasteiger partial charge in [-0.2, -0.15) is 0 Å². The molecule has 5 heteroatoms. The van der Waals surface area contributed by atoms with Crippen LogP contribution in [0.2, 0.25) is 5.02 Å². The number of azo groups is 1. The van der Waals surface area contributed by atoms with Gasteiger partial charge in [0, 0.05) is 0 Å². The molecule has 0 aromatic heterocycles. The van der Waals surface area contributed by atoms with Crippen molar-refractivity contribution in [3.8, 4) is 5.75 Å². The topological polar surface area (TPSA) is 45.0 Å². The molecule has 0 saturated heterocycles. The molecule has 0 saturated carbocycles. The van der Waals surface area contributed by atoms with E-state index in [0.29, 0.717) is 20.9 Å². The van der Waals surface area contributed by atoms with E-state index < -0.39 is 0 Å². The molecule has 21 heavy (non-hydrogen) atoms. The van der Waals surface area contributed by atoms with Crippen LogP contribution in [0.15, 0.2) is 51.1 Å². The van der Waals surface area contributed by atoms with E-state index in [9.17, 15) is 5.11 Å². The van der Waals surface area contributed by atoms with Gasteiger partial charge >= 0.3 is 0 Å². The van der Waals surface area contributed by atoms with E-state index in [-0.39, 0.29) is 11.2 Å². The number of benzene rings is 2. The summed E-state index contributed by atoms with van der Waals surface area (Å²) in [7, 11) is 0. The standard InChI is InChI=1S/C16H16BrClN2O/c1-16(2,3)10-8-11(17)15(21)14(9-10)20-19-13-7-5-4-6-12(13)18/h4-9,21H,1-3H3. The molecule has 1 N–H and O–H groups in total. The molecule has 0 aliphatic heterocycles. The van der Waals surface area contributed by atoms with Crippen molar-refractivity contribution in [1.82, 2.24) is 0 Å². The molecular weight excluding hydrogens is 352 g/mol. The molecule has 0 bridgehead atoms. The highest BCUT2D eigenvalue weighted by atomic mass is 79.9. The average molecular weight is 368 g/mol. The van der Waals surface area contributed by atoms with Crippen LogP contribution in [0.25, 0.3) is 0 Å². The van der Waals surface area contributed by atoms with Crippen molar-refractivity contribution >= 4 is 38.9 Å². The number of nitrogens with zero attached hydrogens (tertiary/aromatic N) is 2. The molecule has 2 rings (SSSR count). The van der Waals surface area contributed by atoms with Crippen LogP contribution in [-0.4, -0.2) is 5.11 Å². The molecule has 0 amide bonds. The molecule has 3 nitrogen and oxygen atoms in total. The van der Waals surface area contributed by atoms with Crippen LogP contribution in [0, 0.1) is 0 Å². The van der Waals surface area contributed by atoms with Crippen molar-refractivity contribution in [2.24, 2.45) is 10.2 Å². The second kappa shape index (κ2) is 6.16. The molecular formula is C16H16BrClN2O. The lowest BCUT2D eigenvalue weighted by Gasteiger charge is -2.20. The minimum absolute atomic E-state index is 0.0507. The third-order valence-corrected chi connectivity index (χ3v) is 3.95. The molecule has 0 aliphatic carbocycles. The molecule has 0 heterocycles. The second-order valence-corrected chi connectivity index (χ2v) is 6.99. The van der Waals surface area contributed by atoms with Gasteiger partial charge in [0.05, 0.1) is 9.50 Å². The first-order chi connectivity index (χ1) is 9.79. The number of hydrogen-bond acceptors (Lipinski definition) is 3. The van der Waals surface area contributed by atoms with Gasteiger partial charge in [-0.15, -0.1) is 10.2 Å². The lowest BCUT2D eigenvalue weighted by atomic mass is 9.87. The van der Waals surface area contributed by atoms with Crippen molar-refractivity contribution in [1.29, 1.82) is 0 Å². The van der Waals surface area contributed by atoms with E-state index in [1.54, 1.807) is 12.1 Å². The van der Waals surface area contributed by atoms with E-state index in [2.05, 4.69) is 46.9 Å². The summed E-state index contributed by atoms with van der Waals surface area (Å²) in [4.78, 5) is 0. The molecule has 110 valence electrons. The van der Waals surface area contributed by atoms with Gasteiger partial charge in [-0.1, -0.05) is 44.5 Å². The summed E-state index contributed by atoms with van der Waals surface area (Å²) < 4.78 is 0.600. The lowest BCUT2D eigenvalue weighted by Crippen LogP contribution is -2.10. The molecule has 0 unspecified atom stereocenters. The number of halogens is 2. The highest BCUT2D eigenvalue weighted by molar-refractivity contribution is 9.10. The van der Waals surface area contributed by atoms with E-state index in [1.165, 1.54) is 0 Å². The van der Waals surface area contributed by atoms with Crippen LogP contribution in [0.3, 0.4) is 0 Å². The Morgan fingerprint density at radius 2 is 1.67 bits per heavy atom. The van der Waals surface area contributed by atoms with Gasteiger partial charge in [-0.3, -0.25) is 0 Å². The Morgan fingerprint density at radius 1 is 1.05 bits per heavy atom. The molecule has 0 spiro atoms. The predicted molar refractivity (Wildman–Crippen MR) is 90.1 cm³/mol. The first-order valence-electron chi connectivity index (χ1n) is 6.48. The Bertz CT molecular complexity index is 693. The summed E-state index contributed by atoms with van der Waals surface area (Å²) in [6.45, 7) is 6.29. The third-order valence-electron chi connectivity index (χ3n) is 3.03. The molecule has 2 aromatic carbocycles. The van der Waals surface area contributed by atoms with Crippen LogP contribution in [0.1, 0.15) is 26.3 Å². The normalized spacial score (nSPS) is 12.0. The zero-order valence-electron chi connectivity index (χ0n) is 12.1. The van der Waals surface area contributed by atoms with Crippen molar-refractivity contribution in [3.63, 3.8) is 0 Å². The van der Waals surface area contributed by atoms with Gasteiger partial charge < -0.3 is 5.11 Å². The van der Waals surface area contributed by atoms with Gasteiger partial charge in [0.1, 0.15) is 11.4 Å². The second-order valence-electron chi connectivity index (χ2n) is 5.73. The van der Waals surface area contributed by atoms with E-state index >= 15 is 0 Å². The van der Waals surface area contributed by atoms with Crippen molar-refractivity contribution in [2.75, 3.05) is 0 Å². The van der Waals surface area contributed by atoms with Gasteiger partial charge in [-0.05, 0) is 51.2 Å². The quantitative estimate of drug-likeness (QED) is 0.603. The van der Waals surface area contributed by atoms with Crippen LogP contribution < -0.4 is 0 Å². The summed E-state index contributed by atoms with van der Waals surface area (Å²) in [6, 6.07) is 10.9. The lowest BCUT2D eigenvalue weighted by molar-refractivity contribution is 0.471. The van der Waals surface area contributed by atoms with Crippen LogP contribution in [0.4, 0.5) is 11.4 Å². The van der Waals surface area contributed by atoms with Crippen LogP contribution >= 0.6 is 27.5 Å². The molecule has 0 aliphatic rings. The fourth-order valence-electron chi connectivity index (χ4n) is 1.73. The predicted octanol–water partition coefficient (Wildman–Crippen LogP) is 6.52. The molecule has 0 atom stereocenters. The Hall–Kier alpha value is -1.39. The molecule has 0 fully saturated rings. The monoisotopic (exact) mass is 366 g/mol. The minimum atomic E-state index is -0.0507. The van der Waals surface area contributed by atoms with E-state index in [1.807, 2.05) is 24.3 Å². The summed E-state index contributed by atoms with van der Waals surface area (Å²) in [5, 5.41) is 18.9. The average Bonchev–Trinajstić information content (AvgIpc) is 2.40. The maximum Gasteiger partial charge on any atom is 0.157 e. The summed E-state index contributed by atoms with van der Waals surface area (Å²) in [6.07, 6.45) is 0. The smallest absolute Gasteiger partial charge is 0.157 e. The fraction of sp³-hybridized carbons (Fsp3) is 0.250. The number of hydrogen-bond donors (Lipinski definition) is 1. The van der Waals surface area contributed by atoms with Crippen molar-refractivity contribution < 1.29 is 5.11 Å². The zero-order chi connectivity index (χ0) is 15.6. The first kappa shape index (κ1) is 16.0. The van der Waals surface area contributed by atoms with Gasteiger partial charge in [0.25, 0.3) is 0 Å². The highest BCUT2D eigenvalue weighted by Gasteiger charge is 2.18. The number of aromatic hydroxyl groups is 1. The Kier molecular flexibility index (Phi) is 4.69. The Labute approximate surface area is 137 Å². The van der Waals surface area contributed by atoms with E-state index in [0.717, 1.165) is 5.56 Å². The summed E-state index contributed by atoms with van der Waals surface area (Å²) >= 11 is 9.39. The SMILES string of the molecule is CC(C)(C)c1cc(Br)c(O)c(N=Nc2ccccc2Cl)c1. The first-order valence-corrected chi connectivity index (χ1v) is 7.65. The number of rotatable bonds is 2. The van der Waals surface area contributed by atoms with Crippen LogP contribution in [-0.2, 0) is 5.41 Å². The van der Waals surface area contributed by atoms with Gasteiger partial charge in [0.15, 0.2) is 5.75 Å². The number of phenols is 1. The molecule has 0 radical (unpaired) electrons. The maximum absolute atomic E-state index is 10.1. The van der Waals surface area contributed by atoms with Crippen LogP contribution in [0.5, 0.6) is 5.75 Å². The summed E-state index contributed by atoms with van der Waals surface area (Å²) in [5.74, 6) is 0.0683. The van der Waals surface area contributed by atoms with Crippen molar-refractivity contribution in [3.05, 3.63) is 51.5 Å². The highest BCUT2D eigenvalue weighted by Crippen LogP contribution is 2.40. The summed E-state index contributed by atoms with van der Waals surface area (Å²) in [5.41, 5.74) is 1.98.